The third kappa shape index (κ3) is 17.5. The fourth-order valence-electron chi connectivity index (χ4n) is 7.24. The first kappa shape index (κ1) is 54.5. The van der Waals surface area contributed by atoms with Crippen LogP contribution in [0.5, 0.6) is 0 Å². The van der Waals surface area contributed by atoms with Crippen LogP contribution in [0.4, 0.5) is 8.78 Å². The minimum absolute atomic E-state index is 0.0136. The van der Waals surface area contributed by atoms with E-state index in [0.29, 0.717) is 57.9 Å². The average molecular weight is 1020 g/mol. The normalized spacial score (nSPS) is 12.5. The molecule has 0 unspecified atom stereocenters. The molecule has 19 nitrogen and oxygen atoms in total. The Bertz CT molecular complexity index is 2710. The van der Waals surface area contributed by atoms with E-state index < -0.39 is 53.5 Å². The van der Waals surface area contributed by atoms with Gasteiger partial charge in [0, 0.05) is 52.8 Å². The smallest absolute Gasteiger partial charge is 0.308 e. The van der Waals surface area contributed by atoms with Crippen molar-refractivity contribution in [3.05, 3.63) is 142 Å². The van der Waals surface area contributed by atoms with Crippen LogP contribution in [0.15, 0.2) is 97.3 Å². The molecule has 10 N–H and O–H groups in total. The molecule has 71 heavy (non-hydrogen) atoms. The van der Waals surface area contributed by atoms with Crippen molar-refractivity contribution in [1.82, 2.24) is 52.0 Å². The van der Waals surface area contributed by atoms with Crippen LogP contribution in [0.2, 0.25) is 10.0 Å². The lowest BCUT2D eigenvalue weighted by Crippen LogP contribution is -2.42. The van der Waals surface area contributed by atoms with Crippen LogP contribution in [0.3, 0.4) is 0 Å². The van der Waals surface area contributed by atoms with Crippen LogP contribution in [-0.2, 0) is 32.0 Å². The van der Waals surface area contributed by atoms with Gasteiger partial charge in [-0.3, -0.25) is 24.0 Å². The highest BCUT2D eigenvalue weighted by molar-refractivity contribution is 6.64. The van der Waals surface area contributed by atoms with Gasteiger partial charge in [-0.15, -0.1) is 0 Å². The Labute approximate surface area is 416 Å². The van der Waals surface area contributed by atoms with Gasteiger partial charge in [0.05, 0.1) is 30.4 Å². The summed E-state index contributed by atoms with van der Waals surface area (Å²) in [5.41, 5.74) is 9.30. The van der Waals surface area contributed by atoms with E-state index in [1.165, 1.54) is 50.1 Å². The summed E-state index contributed by atoms with van der Waals surface area (Å²) < 4.78 is 28.4. The first-order valence-corrected chi connectivity index (χ1v) is 22.7. The van der Waals surface area contributed by atoms with Gasteiger partial charge in [-0.05, 0) is 97.3 Å². The topological polar surface area (TPSA) is 300 Å². The van der Waals surface area contributed by atoms with Crippen molar-refractivity contribution < 1.29 is 47.8 Å². The Kier molecular flexibility index (Phi) is 21.3. The Morgan fingerprint density at radius 1 is 0.704 bits per heavy atom. The summed E-state index contributed by atoms with van der Waals surface area (Å²) in [6.45, 7) is 0.234. The monoisotopic (exact) mass is 1010 g/mol. The van der Waals surface area contributed by atoms with Gasteiger partial charge in [0.1, 0.15) is 11.6 Å². The summed E-state index contributed by atoms with van der Waals surface area (Å²) >= 11 is 12.0. The Morgan fingerprint density at radius 2 is 1.17 bits per heavy atom. The van der Waals surface area contributed by atoms with E-state index in [2.05, 4.69) is 52.0 Å². The van der Waals surface area contributed by atoms with Crippen LogP contribution in [0, 0.1) is 23.5 Å². The third-order valence-corrected chi connectivity index (χ3v) is 11.4. The first-order valence-electron chi connectivity index (χ1n) is 22.0. The number of halogens is 4. The minimum atomic E-state index is -1.13. The van der Waals surface area contributed by atoms with Crippen LogP contribution in [0.1, 0.15) is 57.8 Å². The number of nitrogens with zero attached hydrogens (tertiary/aromatic N) is 4. The van der Waals surface area contributed by atoms with Crippen LogP contribution >= 0.6 is 23.2 Å². The molecule has 6 aromatic rings. The quantitative estimate of drug-likeness (QED) is 0.0214. The number of aromatic amines is 2. The maximum atomic E-state index is 14.3. The molecule has 0 bridgehead atoms. The number of nitrogens with one attached hydrogen (secondary N) is 6. The average Bonchev–Trinajstić information content (AvgIpc) is 4.11. The zero-order valence-electron chi connectivity index (χ0n) is 37.8. The number of aromatic nitrogens is 6. The minimum Gasteiger partial charge on any atom is -0.481 e. The fraction of sp³-hybridized carbons (Fsp3) is 0.277. The third-order valence-electron chi connectivity index (χ3n) is 10.9. The highest BCUT2D eigenvalue weighted by Crippen LogP contribution is 2.28. The number of aliphatic carboxylic acids is 2. The second-order valence-corrected chi connectivity index (χ2v) is 16.9. The molecule has 24 heteroatoms. The molecule has 1 radical (unpaired) electrons. The first-order chi connectivity index (χ1) is 34.1. The molecular formula is C47H49BCl2F2N11O8. The second kappa shape index (κ2) is 27.7. The standard InChI is InChI=1S/C26H28BClFN6O5.C21H21ClFN5O3/c28-19-7-8-22(29)21(12-19)17-5-3-16(4-6-17)10-20(33-25(38)23-14-32-35-34-23)11-18(26(39)40)13-30-24(37)2-1-9-31-27-15-36;22-15-5-6-18(23)17(9-15)13-3-1-12(2-4-13)7-16(8-14(10-24)21(30)31)26-20(29)19-11-25-28-27-19/h3-8,12,14-15,18,20,31H,1-2,9-11,13H2,(H,30,37)(H,33,38)(H,39,40)(H,32,34,35);1-6,9,11,14,16H,7-8,10,24H2,(H,26,29)(H,30,31)(H,25,27,28)/t18-,20+;14-,16+/m00/s1. The Morgan fingerprint density at radius 3 is 1.58 bits per heavy atom. The van der Waals surface area contributed by atoms with Gasteiger partial charge in [0.2, 0.25) is 5.91 Å². The second-order valence-electron chi connectivity index (χ2n) is 16.0. The highest BCUT2D eigenvalue weighted by Gasteiger charge is 2.27. The number of carbonyl (C=O) groups excluding carboxylic acids is 4. The molecule has 0 fully saturated rings. The number of carboxylic acids is 2. The van der Waals surface area contributed by atoms with Gasteiger partial charge < -0.3 is 41.9 Å². The van der Waals surface area contributed by atoms with E-state index >= 15 is 0 Å². The van der Waals surface area contributed by atoms with Gasteiger partial charge in [-0.1, -0.05) is 71.7 Å². The molecule has 371 valence electrons. The lowest BCUT2D eigenvalue weighted by molar-refractivity contribution is -0.143. The Balaban J connectivity index is 0.000000272. The predicted octanol–water partition coefficient (Wildman–Crippen LogP) is 4.65. The van der Waals surface area contributed by atoms with Crippen molar-refractivity contribution in [2.75, 3.05) is 19.6 Å². The number of hydrogen-bond acceptors (Lipinski definition) is 12. The number of H-pyrrole nitrogens is 2. The van der Waals surface area contributed by atoms with E-state index in [-0.39, 0.29) is 61.9 Å². The predicted molar refractivity (Wildman–Crippen MR) is 260 cm³/mol. The molecule has 6 rings (SSSR count). The molecule has 4 aromatic carbocycles. The SMILES string of the molecule is NC[C@H](C[C@@H](Cc1ccc(-c2cc(Cl)ccc2F)cc1)NC(=O)c1cn[nH]n1)C(=O)O.O=C[B]NCCCC(=O)NC[C@H](C[C@@H](Cc1ccc(-c2cc(Cl)ccc2F)cc1)NC(=O)c1cn[nH]n1)C(=O)O. The molecule has 0 saturated carbocycles. The van der Waals surface area contributed by atoms with Gasteiger partial charge in [0.25, 0.3) is 19.2 Å². The summed E-state index contributed by atoms with van der Waals surface area (Å²) in [5, 5.41) is 50.4. The van der Waals surface area contributed by atoms with E-state index in [0.717, 1.165) is 11.1 Å². The van der Waals surface area contributed by atoms with Gasteiger partial charge >= 0.3 is 11.9 Å². The maximum Gasteiger partial charge on any atom is 0.308 e. The van der Waals surface area contributed by atoms with E-state index in [9.17, 15) is 47.8 Å². The molecule has 0 aliphatic carbocycles. The number of carbonyl (C=O) groups is 6. The van der Waals surface area contributed by atoms with E-state index in [1.54, 1.807) is 54.6 Å². The van der Waals surface area contributed by atoms with Crippen molar-refractivity contribution in [3.8, 4) is 22.3 Å². The van der Waals surface area contributed by atoms with Crippen LogP contribution in [0.25, 0.3) is 22.3 Å². The number of benzene rings is 4. The molecule has 0 aliphatic heterocycles. The van der Waals surface area contributed by atoms with E-state index in [4.69, 9.17) is 28.9 Å². The highest BCUT2D eigenvalue weighted by atomic mass is 35.5. The largest absolute Gasteiger partial charge is 0.481 e. The lowest BCUT2D eigenvalue weighted by Gasteiger charge is -2.23. The Hall–Kier alpha value is -7.40. The lowest BCUT2D eigenvalue weighted by atomic mass is 9.93. The molecule has 2 aromatic heterocycles. The summed E-state index contributed by atoms with van der Waals surface area (Å²) in [5.74, 6) is -6.12. The summed E-state index contributed by atoms with van der Waals surface area (Å²) in [7, 11) is 1.23. The molecular weight excluding hydrogens is 966 g/mol. The zero-order chi connectivity index (χ0) is 51.3. The van der Waals surface area contributed by atoms with Crippen molar-refractivity contribution in [3.63, 3.8) is 0 Å². The summed E-state index contributed by atoms with van der Waals surface area (Å²) in [4.78, 5) is 71.0. The molecule has 0 aliphatic rings. The maximum absolute atomic E-state index is 14.3. The van der Waals surface area contributed by atoms with E-state index in [1.807, 2.05) is 0 Å². The van der Waals surface area contributed by atoms with Crippen molar-refractivity contribution >= 4 is 66.5 Å². The molecule has 3 amide bonds. The molecule has 0 saturated heterocycles. The fourth-order valence-corrected chi connectivity index (χ4v) is 7.58. The van der Waals surface area contributed by atoms with Crippen molar-refractivity contribution in [2.24, 2.45) is 17.6 Å². The molecule has 2 heterocycles. The van der Waals surface area contributed by atoms with Gasteiger partial charge in [-0.2, -0.15) is 30.8 Å². The van der Waals surface area contributed by atoms with Crippen molar-refractivity contribution in [2.45, 2.75) is 50.6 Å². The number of nitrogens with two attached hydrogens (primary N) is 1. The van der Waals surface area contributed by atoms with Crippen LogP contribution in [-0.4, -0.2) is 116 Å². The van der Waals surface area contributed by atoms with Crippen molar-refractivity contribution in [1.29, 1.82) is 0 Å². The molecule has 0 spiro atoms. The summed E-state index contributed by atoms with van der Waals surface area (Å²) in [6, 6.07) is 21.5. The number of amides is 3. The number of hydrogen-bond donors (Lipinski definition) is 9. The number of carboxylic acid groups (broad SMARTS) is 2. The van der Waals surface area contributed by atoms with Gasteiger partial charge in [-0.25, -0.2) is 8.78 Å². The van der Waals surface area contributed by atoms with Crippen LogP contribution < -0.4 is 26.9 Å². The molecule has 4 atom stereocenters. The zero-order valence-corrected chi connectivity index (χ0v) is 39.3. The summed E-state index contributed by atoms with van der Waals surface area (Å²) in [6.07, 6.45) is 4.50. The van der Waals surface area contributed by atoms with Gasteiger partial charge in [0.15, 0.2) is 11.4 Å². The number of rotatable bonds is 25.